The molecular formula is C16H21B3N3O2. The van der Waals surface area contributed by atoms with Crippen LogP contribution in [-0.2, 0) is 16.0 Å². The van der Waals surface area contributed by atoms with Gasteiger partial charge in [-0.25, -0.2) is 0 Å². The average Bonchev–Trinajstić information content (AvgIpc) is 2.98. The Morgan fingerprint density at radius 2 is 2.08 bits per heavy atom. The summed E-state index contributed by atoms with van der Waals surface area (Å²) in [6, 6.07) is 9.22. The van der Waals surface area contributed by atoms with Gasteiger partial charge in [-0.1, -0.05) is 30.3 Å². The van der Waals surface area contributed by atoms with Crippen LogP contribution in [0, 0.1) is 0 Å². The Labute approximate surface area is 147 Å². The van der Waals surface area contributed by atoms with E-state index >= 15 is 0 Å². The summed E-state index contributed by atoms with van der Waals surface area (Å²) in [5.74, 6) is -0.0805. The molecule has 0 aliphatic carbocycles. The molecule has 5 radical (unpaired) electrons. The topological polar surface area (TPSA) is 61.4 Å². The lowest BCUT2D eigenvalue weighted by Gasteiger charge is -2.25. The van der Waals surface area contributed by atoms with Gasteiger partial charge in [0.1, 0.15) is 13.1 Å². The van der Waals surface area contributed by atoms with Crippen molar-refractivity contribution in [2.45, 2.75) is 44.3 Å². The third kappa shape index (κ3) is 5.25. The summed E-state index contributed by atoms with van der Waals surface area (Å²) in [5.41, 5.74) is 1.08. The molecular weight excluding hydrogens is 299 g/mol. The van der Waals surface area contributed by atoms with Gasteiger partial charge < -0.3 is 15.4 Å². The molecule has 0 bridgehead atoms. The highest BCUT2D eigenvalue weighted by Crippen LogP contribution is 2.17. The molecule has 1 fully saturated rings. The molecule has 3 atom stereocenters. The summed E-state index contributed by atoms with van der Waals surface area (Å²) >= 11 is 0. The highest BCUT2D eigenvalue weighted by molar-refractivity contribution is 6.87. The molecule has 2 N–H and O–H groups in total. The maximum absolute atomic E-state index is 12.7. The summed E-state index contributed by atoms with van der Waals surface area (Å²) < 4.78 is 0. The van der Waals surface area contributed by atoms with Crippen LogP contribution in [-0.4, -0.2) is 64.2 Å². The molecule has 2 rings (SSSR count). The largest absolute Gasteiger partial charge is 0.363 e. The zero-order valence-electron chi connectivity index (χ0n) is 13.9. The summed E-state index contributed by atoms with van der Waals surface area (Å²) in [5, 5.41) is 5.69. The SMILES string of the molecule is [B][B]N1C[C@H](N[B])C[C@H]1C(=O)N[C@H](CC(C)=O)Cc1ccccc1. The van der Waals surface area contributed by atoms with E-state index in [-0.39, 0.29) is 29.8 Å². The van der Waals surface area contributed by atoms with E-state index in [1.807, 2.05) is 30.3 Å². The predicted octanol–water partition coefficient (Wildman–Crippen LogP) is -0.488. The zero-order valence-corrected chi connectivity index (χ0v) is 13.9. The number of amides is 1. The van der Waals surface area contributed by atoms with Crippen molar-refractivity contribution in [3.8, 4) is 0 Å². The second kappa shape index (κ2) is 9.09. The van der Waals surface area contributed by atoms with Crippen LogP contribution in [0.2, 0.25) is 0 Å². The maximum atomic E-state index is 12.7. The number of ketones is 1. The van der Waals surface area contributed by atoms with Gasteiger partial charge in [0.2, 0.25) is 5.91 Å². The minimum atomic E-state index is -0.374. The Morgan fingerprint density at radius 1 is 1.38 bits per heavy atom. The molecule has 1 aliphatic rings. The summed E-state index contributed by atoms with van der Waals surface area (Å²) in [6.45, 7) is 2.12. The predicted molar refractivity (Wildman–Crippen MR) is 96.7 cm³/mol. The lowest BCUT2D eigenvalue weighted by atomic mass is 9.65. The van der Waals surface area contributed by atoms with E-state index in [1.165, 1.54) is 14.2 Å². The molecule has 24 heavy (non-hydrogen) atoms. The molecule has 5 nitrogen and oxygen atoms in total. The quantitative estimate of drug-likeness (QED) is 0.635. The van der Waals surface area contributed by atoms with Crippen molar-refractivity contribution in [1.29, 1.82) is 0 Å². The molecule has 1 amide bonds. The van der Waals surface area contributed by atoms with Gasteiger partial charge in [-0.05, 0) is 25.3 Å². The van der Waals surface area contributed by atoms with Gasteiger partial charge in [-0.2, -0.15) is 0 Å². The first-order valence-corrected chi connectivity index (χ1v) is 8.14. The molecule has 1 aromatic carbocycles. The molecule has 121 valence electrons. The number of hydrogen-bond acceptors (Lipinski definition) is 4. The van der Waals surface area contributed by atoms with Crippen LogP contribution >= 0.6 is 0 Å². The highest BCUT2D eigenvalue weighted by atomic mass is 16.2. The number of rotatable bonds is 8. The van der Waals surface area contributed by atoms with Crippen molar-refractivity contribution in [3.05, 3.63) is 35.9 Å². The summed E-state index contributed by atoms with van der Waals surface area (Å²) in [4.78, 5) is 26.0. The van der Waals surface area contributed by atoms with Crippen LogP contribution in [0.3, 0.4) is 0 Å². The second-order valence-corrected chi connectivity index (χ2v) is 6.26. The van der Waals surface area contributed by atoms with Gasteiger partial charge >= 0.3 is 0 Å². The molecule has 1 aliphatic heterocycles. The number of Topliss-reactive ketones (excluding diaryl/α,β-unsaturated/α-hetero) is 1. The normalized spacial score (nSPS) is 22.0. The fourth-order valence-electron chi connectivity index (χ4n) is 3.12. The van der Waals surface area contributed by atoms with Crippen LogP contribution in [0.4, 0.5) is 0 Å². The van der Waals surface area contributed by atoms with E-state index in [1.54, 1.807) is 4.81 Å². The van der Waals surface area contributed by atoms with E-state index in [2.05, 4.69) is 10.5 Å². The fraction of sp³-hybridized carbons (Fsp3) is 0.500. The lowest BCUT2D eigenvalue weighted by molar-refractivity contribution is -0.125. The van der Waals surface area contributed by atoms with Gasteiger partial charge in [0.15, 0.2) is 7.98 Å². The Bertz CT molecular complexity index is 559. The number of carbonyl (C=O) groups is 2. The summed E-state index contributed by atoms with van der Waals surface area (Å²) in [7, 11) is 12.5. The van der Waals surface area contributed by atoms with Crippen molar-refractivity contribution >= 4 is 34.7 Å². The van der Waals surface area contributed by atoms with Crippen molar-refractivity contribution in [2.24, 2.45) is 0 Å². The number of hydrogen-bond donors (Lipinski definition) is 2. The van der Waals surface area contributed by atoms with Gasteiger partial charge in [0.25, 0.3) is 0 Å². The van der Waals surface area contributed by atoms with Gasteiger partial charge in [0, 0.05) is 32.8 Å². The number of benzene rings is 1. The van der Waals surface area contributed by atoms with Crippen molar-refractivity contribution in [3.63, 3.8) is 0 Å². The average molecular weight is 320 g/mol. The first-order chi connectivity index (χ1) is 11.5. The minimum absolute atomic E-state index is 0.0148. The molecule has 0 unspecified atom stereocenters. The number of nitrogens with zero attached hydrogens (tertiary/aromatic N) is 1. The van der Waals surface area contributed by atoms with E-state index < -0.39 is 0 Å². The standard InChI is InChI=1S/C16H21B3N3O2/c1-11(23)7-13(8-12-5-3-2-4-6-12)20-16(24)15-9-14(21-18)10-22(15)19-17/h2-6,13-15,21H,7-10H2,1H3,(H,20,24)/t13-,14-,15+/m1/s1. The molecule has 1 aromatic rings. The van der Waals surface area contributed by atoms with Crippen LogP contribution < -0.4 is 10.5 Å². The molecule has 1 heterocycles. The van der Waals surface area contributed by atoms with Gasteiger partial charge in [-0.15, -0.1) is 0 Å². The van der Waals surface area contributed by atoms with Crippen LogP contribution in [0.1, 0.15) is 25.3 Å². The smallest absolute Gasteiger partial charge is 0.236 e. The van der Waals surface area contributed by atoms with Crippen molar-refractivity contribution in [2.75, 3.05) is 6.54 Å². The minimum Gasteiger partial charge on any atom is -0.363 e. The van der Waals surface area contributed by atoms with Crippen LogP contribution in [0.5, 0.6) is 0 Å². The van der Waals surface area contributed by atoms with E-state index in [4.69, 9.17) is 15.7 Å². The zero-order chi connectivity index (χ0) is 17.5. The Hall–Kier alpha value is -1.53. The molecule has 1 saturated heterocycles. The first kappa shape index (κ1) is 18.8. The molecule has 0 saturated carbocycles. The van der Waals surface area contributed by atoms with Gasteiger partial charge in [-0.3, -0.25) is 9.59 Å². The fourth-order valence-corrected chi connectivity index (χ4v) is 3.12. The third-order valence-electron chi connectivity index (χ3n) is 4.27. The Morgan fingerprint density at radius 3 is 2.67 bits per heavy atom. The van der Waals surface area contributed by atoms with Gasteiger partial charge in [0.05, 0.1) is 6.04 Å². The first-order valence-electron chi connectivity index (χ1n) is 8.14. The highest BCUT2D eigenvalue weighted by Gasteiger charge is 2.35. The number of nitrogens with one attached hydrogen (secondary N) is 2. The Balaban J connectivity index is 2.02. The summed E-state index contributed by atoms with van der Waals surface area (Å²) in [6.07, 6.45) is 1.50. The van der Waals surface area contributed by atoms with Crippen LogP contribution in [0.25, 0.3) is 0 Å². The molecule has 0 aromatic heterocycles. The lowest BCUT2D eigenvalue weighted by Crippen LogP contribution is -2.49. The number of carbonyl (C=O) groups excluding carboxylic acids is 2. The van der Waals surface area contributed by atoms with E-state index in [0.717, 1.165) is 5.56 Å². The molecule has 0 spiro atoms. The van der Waals surface area contributed by atoms with Crippen molar-refractivity contribution in [1.82, 2.24) is 15.4 Å². The Kier molecular flexibility index (Phi) is 7.12. The third-order valence-corrected chi connectivity index (χ3v) is 4.27. The van der Waals surface area contributed by atoms with Crippen molar-refractivity contribution < 1.29 is 9.59 Å². The second-order valence-electron chi connectivity index (χ2n) is 6.26. The van der Waals surface area contributed by atoms with E-state index in [0.29, 0.717) is 25.8 Å². The monoisotopic (exact) mass is 320 g/mol. The van der Waals surface area contributed by atoms with E-state index in [9.17, 15) is 9.59 Å². The molecule has 8 heteroatoms. The van der Waals surface area contributed by atoms with Crippen LogP contribution in [0.15, 0.2) is 30.3 Å². The maximum Gasteiger partial charge on any atom is 0.236 e.